The first kappa shape index (κ1) is 16.7. The summed E-state index contributed by atoms with van der Waals surface area (Å²) in [6.07, 6.45) is 0.231. The summed E-state index contributed by atoms with van der Waals surface area (Å²) in [5.41, 5.74) is 2.25. The van der Waals surface area contributed by atoms with Gasteiger partial charge < -0.3 is 5.32 Å². The molecule has 8 heteroatoms. The van der Waals surface area contributed by atoms with Gasteiger partial charge >= 0.3 is 0 Å². The summed E-state index contributed by atoms with van der Waals surface area (Å²) in [7, 11) is 0. The van der Waals surface area contributed by atoms with Gasteiger partial charge in [-0.25, -0.2) is 8.78 Å². The first-order valence-corrected chi connectivity index (χ1v) is 7.58. The van der Waals surface area contributed by atoms with Crippen LogP contribution in [-0.2, 0) is 17.8 Å². The summed E-state index contributed by atoms with van der Waals surface area (Å²) in [5, 5.41) is 13.8. The fourth-order valence-electron chi connectivity index (χ4n) is 2.38. The number of tetrazole rings is 1. The molecule has 128 valence electrons. The Bertz CT molecular complexity index is 910. The van der Waals surface area contributed by atoms with Gasteiger partial charge in [-0.15, -0.1) is 5.10 Å². The second kappa shape index (κ2) is 7.16. The number of nitrogens with zero attached hydrogens (tertiary/aromatic N) is 4. The smallest absolute Gasteiger partial charge is 0.224 e. The number of aryl methyl sites for hydroxylation is 1. The van der Waals surface area contributed by atoms with E-state index in [1.54, 1.807) is 0 Å². The van der Waals surface area contributed by atoms with E-state index in [4.69, 9.17) is 0 Å². The maximum absolute atomic E-state index is 13.4. The first-order chi connectivity index (χ1) is 12.0. The quantitative estimate of drug-likeness (QED) is 0.770. The van der Waals surface area contributed by atoms with E-state index in [1.807, 2.05) is 31.2 Å². The second-order valence-electron chi connectivity index (χ2n) is 5.55. The van der Waals surface area contributed by atoms with Crippen molar-refractivity contribution < 1.29 is 13.6 Å². The Balaban J connectivity index is 1.67. The zero-order chi connectivity index (χ0) is 17.8. The van der Waals surface area contributed by atoms with Gasteiger partial charge in [-0.1, -0.05) is 29.8 Å². The van der Waals surface area contributed by atoms with E-state index in [0.29, 0.717) is 5.82 Å². The lowest BCUT2D eigenvalue weighted by Crippen LogP contribution is -2.26. The van der Waals surface area contributed by atoms with Crippen LogP contribution < -0.4 is 5.32 Å². The van der Waals surface area contributed by atoms with Crippen LogP contribution in [0.25, 0.3) is 5.69 Å². The van der Waals surface area contributed by atoms with E-state index >= 15 is 0 Å². The standard InChI is InChI=1S/C17H15F2N5O/c1-11-3-2-4-12(7-11)8-17(25)20-10-16-21-22-23-24(16)13-5-6-14(18)15(19)9-13/h2-7,9H,8,10H2,1H3,(H,20,25). The molecule has 3 aromatic rings. The number of carbonyl (C=O) groups is 1. The molecule has 0 saturated carbocycles. The monoisotopic (exact) mass is 343 g/mol. The van der Waals surface area contributed by atoms with Gasteiger partial charge in [0.15, 0.2) is 17.5 Å². The molecule has 0 aliphatic heterocycles. The molecule has 0 fully saturated rings. The lowest BCUT2D eigenvalue weighted by molar-refractivity contribution is -0.120. The third kappa shape index (κ3) is 4.03. The predicted molar refractivity (Wildman–Crippen MR) is 85.8 cm³/mol. The number of carbonyl (C=O) groups excluding carboxylic acids is 1. The van der Waals surface area contributed by atoms with E-state index in [9.17, 15) is 13.6 Å². The Labute approximate surface area is 142 Å². The van der Waals surface area contributed by atoms with Crippen molar-refractivity contribution in [3.63, 3.8) is 0 Å². The van der Waals surface area contributed by atoms with Crippen molar-refractivity contribution in [3.05, 3.63) is 71.1 Å². The number of benzene rings is 2. The average Bonchev–Trinajstić information content (AvgIpc) is 3.04. The molecule has 25 heavy (non-hydrogen) atoms. The van der Waals surface area contributed by atoms with Crippen molar-refractivity contribution in [1.82, 2.24) is 25.5 Å². The number of rotatable bonds is 5. The average molecular weight is 343 g/mol. The SMILES string of the molecule is Cc1cccc(CC(=O)NCc2nnnn2-c2ccc(F)c(F)c2)c1. The van der Waals surface area contributed by atoms with Crippen LogP contribution >= 0.6 is 0 Å². The topological polar surface area (TPSA) is 72.7 Å². The van der Waals surface area contributed by atoms with E-state index in [0.717, 1.165) is 23.3 Å². The van der Waals surface area contributed by atoms with Crippen molar-refractivity contribution in [2.45, 2.75) is 19.9 Å². The molecular formula is C17H15F2N5O. The minimum atomic E-state index is -0.998. The minimum absolute atomic E-state index is 0.0661. The first-order valence-electron chi connectivity index (χ1n) is 7.58. The van der Waals surface area contributed by atoms with Gasteiger partial charge in [0.1, 0.15) is 0 Å². The van der Waals surface area contributed by atoms with Gasteiger partial charge in [0, 0.05) is 6.07 Å². The Hall–Kier alpha value is -3.16. The van der Waals surface area contributed by atoms with Crippen LogP contribution in [-0.4, -0.2) is 26.1 Å². The Morgan fingerprint density at radius 3 is 2.76 bits per heavy atom. The maximum Gasteiger partial charge on any atom is 0.224 e. The Kier molecular flexibility index (Phi) is 4.78. The molecule has 0 radical (unpaired) electrons. The molecule has 0 unspecified atom stereocenters. The van der Waals surface area contributed by atoms with Crippen molar-refractivity contribution in [2.24, 2.45) is 0 Å². The van der Waals surface area contributed by atoms with Crippen LogP contribution in [0.4, 0.5) is 8.78 Å². The Morgan fingerprint density at radius 2 is 2.00 bits per heavy atom. The van der Waals surface area contributed by atoms with E-state index in [2.05, 4.69) is 20.8 Å². The molecule has 1 N–H and O–H groups in total. The molecule has 1 aromatic heterocycles. The number of halogens is 2. The van der Waals surface area contributed by atoms with E-state index < -0.39 is 11.6 Å². The molecular weight excluding hydrogens is 328 g/mol. The van der Waals surface area contributed by atoms with Crippen LogP contribution in [0.3, 0.4) is 0 Å². The zero-order valence-corrected chi connectivity index (χ0v) is 13.4. The van der Waals surface area contributed by atoms with Gasteiger partial charge in [-0.2, -0.15) is 4.68 Å². The summed E-state index contributed by atoms with van der Waals surface area (Å²) in [6, 6.07) is 11.0. The molecule has 2 aromatic carbocycles. The molecule has 0 bridgehead atoms. The molecule has 3 rings (SSSR count). The third-order valence-electron chi connectivity index (χ3n) is 3.57. The number of amides is 1. The van der Waals surface area contributed by atoms with Crippen LogP contribution in [0.15, 0.2) is 42.5 Å². The lowest BCUT2D eigenvalue weighted by Gasteiger charge is -2.07. The van der Waals surface area contributed by atoms with Crippen LogP contribution in [0.2, 0.25) is 0 Å². The molecule has 0 saturated heterocycles. The van der Waals surface area contributed by atoms with Crippen LogP contribution in [0, 0.1) is 18.6 Å². The van der Waals surface area contributed by atoms with Crippen LogP contribution in [0.5, 0.6) is 0 Å². The normalized spacial score (nSPS) is 10.7. The van der Waals surface area contributed by atoms with E-state index in [-0.39, 0.29) is 24.6 Å². The fourth-order valence-corrected chi connectivity index (χ4v) is 2.38. The second-order valence-corrected chi connectivity index (χ2v) is 5.55. The van der Waals surface area contributed by atoms with Crippen molar-refractivity contribution >= 4 is 5.91 Å². The maximum atomic E-state index is 13.4. The summed E-state index contributed by atoms with van der Waals surface area (Å²) in [5.74, 6) is -1.83. The lowest BCUT2D eigenvalue weighted by atomic mass is 10.1. The van der Waals surface area contributed by atoms with Gasteiger partial charge in [0.05, 0.1) is 18.7 Å². The molecule has 0 atom stereocenters. The zero-order valence-electron chi connectivity index (χ0n) is 13.4. The highest BCUT2D eigenvalue weighted by Crippen LogP contribution is 2.13. The highest BCUT2D eigenvalue weighted by molar-refractivity contribution is 5.78. The van der Waals surface area contributed by atoms with Gasteiger partial charge in [0.25, 0.3) is 0 Å². The summed E-state index contributed by atoms with van der Waals surface area (Å²) < 4.78 is 27.6. The van der Waals surface area contributed by atoms with E-state index in [1.165, 1.54) is 10.7 Å². The highest BCUT2D eigenvalue weighted by atomic mass is 19.2. The Morgan fingerprint density at radius 1 is 1.16 bits per heavy atom. The predicted octanol–water partition coefficient (Wildman–Crippen LogP) is 2.11. The van der Waals surface area contributed by atoms with Crippen molar-refractivity contribution in [3.8, 4) is 5.69 Å². The van der Waals surface area contributed by atoms with Gasteiger partial charge in [-0.3, -0.25) is 4.79 Å². The fraction of sp³-hybridized carbons (Fsp3) is 0.176. The van der Waals surface area contributed by atoms with Gasteiger partial charge in [-0.05, 0) is 35.0 Å². The number of hydrogen-bond donors (Lipinski definition) is 1. The summed E-state index contributed by atoms with van der Waals surface area (Å²) in [6.45, 7) is 2.02. The molecule has 1 amide bonds. The largest absolute Gasteiger partial charge is 0.348 e. The summed E-state index contributed by atoms with van der Waals surface area (Å²) in [4.78, 5) is 12.1. The molecule has 6 nitrogen and oxygen atoms in total. The van der Waals surface area contributed by atoms with Crippen LogP contribution in [0.1, 0.15) is 17.0 Å². The highest BCUT2D eigenvalue weighted by Gasteiger charge is 2.12. The number of hydrogen-bond acceptors (Lipinski definition) is 4. The molecule has 0 aliphatic carbocycles. The minimum Gasteiger partial charge on any atom is -0.348 e. The number of nitrogens with one attached hydrogen (secondary N) is 1. The number of aromatic nitrogens is 4. The molecule has 0 spiro atoms. The van der Waals surface area contributed by atoms with Gasteiger partial charge in [0.2, 0.25) is 5.91 Å². The third-order valence-corrected chi connectivity index (χ3v) is 3.57. The molecule has 0 aliphatic rings. The molecule has 1 heterocycles. The summed E-state index contributed by atoms with van der Waals surface area (Å²) >= 11 is 0. The van der Waals surface area contributed by atoms with Crippen molar-refractivity contribution in [1.29, 1.82) is 0 Å². The van der Waals surface area contributed by atoms with Crippen molar-refractivity contribution in [2.75, 3.05) is 0 Å².